The summed E-state index contributed by atoms with van der Waals surface area (Å²) in [6.07, 6.45) is 17.2. The fourth-order valence-electron chi connectivity index (χ4n) is 4.18. The number of nitrogens with zero attached hydrogens (tertiary/aromatic N) is 2. The van der Waals surface area contributed by atoms with Gasteiger partial charge < -0.3 is 56.9 Å². The van der Waals surface area contributed by atoms with Crippen LogP contribution in [-0.2, 0) is 0 Å². The van der Waals surface area contributed by atoms with Crippen LogP contribution in [0.4, 0.5) is 0 Å². The smallest absolute Gasteiger partial charge is 0.128 e. The Labute approximate surface area is 200 Å². The fourth-order valence-corrected chi connectivity index (χ4v) is 4.18. The fraction of sp³-hybridized carbons (Fsp3) is 1.00. The first-order valence-corrected chi connectivity index (χ1v) is 11.2. The highest BCUT2D eigenvalue weighted by Gasteiger charge is 2.36. The zero-order chi connectivity index (χ0) is 17.7. The Morgan fingerprint density at radius 2 is 0.731 bits per heavy atom. The molecule has 1 aliphatic heterocycles. The summed E-state index contributed by atoms with van der Waals surface area (Å²) in [5, 5.41) is 0. The first-order valence-electron chi connectivity index (χ1n) is 11.2. The van der Waals surface area contributed by atoms with Gasteiger partial charge >= 0.3 is 0 Å². The quantitative estimate of drug-likeness (QED) is 0.146. The van der Waals surface area contributed by atoms with E-state index in [0.717, 1.165) is 0 Å². The van der Waals surface area contributed by atoms with Gasteiger partial charge in [-0.1, -0.05) is 65.2 Å². The molecule has 1 rings (SSSR count). The van der Waals surface area contributed by atoms with Crippen molar-refractivity contribution in [1.82, 2.24) is 0 Å². The predicted molar refractivity (Wildman–Crippen MR) is 108 cm³/mol. The molecule has 4 heteroatoms. The van der Waals surface area contributed by atoms with Gasteiger partial charge in [-0.2, -0.15) is 0 Å². The number of quaternary nitrogens is 2. The molecule has 0 unspecified atom stereocenters. The van der Waals surface area contributed by atoms with Gasteiger partial charge in [0.2, 0.25) is 0 Å². The molecular formula is C22H48I2N2. The lowest BCUT2D eigenvalue weighted by atomic mass is 10.1. The molecule has 1 saturated heterocycles. The Morgan fingerprint density at radius 3 is 1.04 bits per heavy atom. The van der Waals surface area contributed by atoms with Crippen molar-refractivity contribution in [2.75, 3.05) is 53.4 Å². The minimum Gasteiger partial charge on any atom is -1.00 e. The molecule has 0 N–H and O–H groups in total. The van der Waals surface area contributed by atoms with E-state index in [-0.39, 0.29) is 48.0 Å². The molecule has 0 saturated carbocycles. The van der Waals surface area contributed by atoms with Crippen LogP contribution in [-0.4, -0.2) is 62.3 Å². The Balaban J connectivity index is 0. The van der Waals surface area contributed by atoms with Crippen LogP contribution in [0.1, 0.15) is 90.9 Å². The van der Waals surface area contributed by atoms with Gasteiger partial charge in [-0.3, -0.25) is 0 Å². The lowest BCUT2D eigenvalue weighted by molar-refractivity contribution is -1.02. The largest absolute Gasteiger partial charge is 1.00 e. The van der Waals surface area contributed by atoms with Crippen LogP contribution in [0.15, 0.2) is 0 Å². The van der Waals surface area contributed by atoms with Gasteiger partial charge in [0.25, 0.3) is 0 Å². The molecule has 26 heavy (non-hydrogen) atoms. The molecule has 0 spiro atoms. The van der Waals surface area contributed by atoms with E-state index in [4.69, 9.17) is 0 Å². The van der Waals surface area contributed by atoms with Gasteiger partial charge in [-0.25, -0.2) is 0 Å². The summed E-state index contributed by atoms with van der Waals surface area (Å²) in [5.74, 6) is 0. The van der Waals surface area contributed by atoms with Gasteiger partial charge in [0.15, 0.2) is 0 Å². The molecule has 1 aliphatic rings. The van der Waals surface area contributed by atoms with Gasteiger partial charge in [-0.05, 0) is 25.7 Å². The topological polar surface area (TPSA) is 0 Å². The first kappa shape index (κ1) is 29.6. The zero-order valence-corrected chi connectivity index (χ0v) is 22.7. The molecule has 0 bridgehead atoms. The second-order valence-electron chi connectivity index (χ2n) is 9.12. The summed E-state index contributed by atoms with van der Waals surface area (Å²) in [6.45, 7) is 13.1. The number of piperazine rings is 1. The van der Waals surface area contributed by atoms with Crippen molar-refractivity contribution >= 4 is 0 Å². The van der Waals surface area contributed by atoms with Crippen molar-refractivity contribution in [2.45, 2.75) is 90.9 Å². The van der Waals surface area contributed by atoms with E-state index in [1.807, 2.05) is 0 Å². The average Bonchev–Trinajstić information content (AvgIpc) is 2.58. The standard InChI is InChI=1S/C22H48N2.2HI/c1-5-7-9-11-13-15-17-23(3)19-21-24(4,22-20-23)18-16-14-12-10-8-6-2;;/h5-22H2,1-4H3;2*1H/q+2;;/p-2. The minimum absolute atomic E-state index is 0. The predicted octanol–water partition coefficient (Wildman–Crippen LogP) is -0.378. The number of hydrogen-bond acceptors (Lipinski definition) is 0. The highest BCUT2D eigenvalue weighted by atomic mass is 127. The molecular weight excluding hydrogens is 546 g/mol. The third kappa shape index (κ3) is 13.5. The van der Waals surface area contributed by atoms with Crippen molar-refractivity contribution < 1.29 is 56.9 Å². The van der Waals surface area contributed by atoms with Gasteiger partial charge in [0.1, 0.15) is 26.2 Å². The Morgan fingerprint density at radius 1 is 0.462 bits per heavy atom. The lowest BCUT2D eigenvalue weighted by Gasteiger charge is -2.46. The maximum Gasteiger partial charge on any atom is 0.128 e. The summed E-state index contributed by atoms with van der Waals surface area (Å²) >= 11 is 0. The maximum atomic E-state index is 2.51. The number of rotatable bonds is 14. The molecule has 1 fully saturated rings. The second-order valence-corrected chi connectivity index (χ2v) is 9.12. The van der Waals surface area contributed by atoms with Crippen molar-refractivity contribution in [3.05, 3.63) is 0 Å². The van der Waals surface area contributed by atoms with E-state index >= 15 is 0 Å². The molecule has 0 aliphatic carbocycles. The SMILES string of the molecule is CCCCCCCC[N+]1(C)CC[N+](C)(CCCCCCCC)CC1.[I-].[I-]. The van der Waals surface area contributed by atoms with Gasteiger partial charge in [-0.15, -0.1) is 0 Å². The van der Waals surface area contributed by atoms with Crippen LogP contribution in [0.2, 0.25) is 0 Å². The molecule has 2 nitrogen and oxygen atoms in total. The van der Waals surface area contributed by atoms with Crippen molar-refractivity contribution in [1.29, 1.82) is 0 Å². The molecule has 0 aromatic heterocycles. The van der Waals surface area contributed by atoms with Crippen LogP contribution in [0, 0.1) is 0 Å². The summed E-state index contributed by atoms with van der Waals surface area (Å²) in [6, 6.07) is 0. The van der Waals surface area contributed by atoms with Crippen molar-refractivity contribution in [3.63, 3.8) is 0 Å². The first-order chi connectivity index (χ1) is 11.5. The monoisotopic (exact) mass is 594 g/mol. The van der Waals surface area contributed by atoms with Crippen LogP contribution >= 0.6 is 0 Å². The molecule has 160 valence electrons. The van der Waals surface area contributed by atoms with Crippen molar-refractivity contribution in [3.8, 4) is 0 Å². The molecule has 0 aromatic rings. The van der Waals surface area contributed by atoms with E-state index in [1.54, 1.807) is 0 Å². The molecule has 1 heterocycles. The summed E-state index contributed by atoms with van der Waals surface area (Å²) in [7, 11) is 5.03. The highest BCUT2D eigenvalue weighted by molar-refractivity contribution is 4.54. The molecule has 0 radical (unpaired) electrons. The number of halogens is 2. The number of unbranched alkanes of at least 4 members (excludes halogenated alkanes) is 10. The zero-order valence-electron chi connectivity index (χ0n) is 18.4. The number of likely N-dealkylation sites (N-methyl/N-ethyl adjacent to an activating group) is 2. The Bertz CT molecular complexity index is 273. The third-order valence-corrected chi connectivity index (χ3v) is 6.46. The minimum atomic E-state index is 0. The van der Waals surface area contributed by atoms with Crippen molar-refractivity contribution in [2.24, 2.45) is 0 Å². The summed E-state index contributed by atoms with van der Waals surface area (Å²) in [5.41, 5.74) is 0. The second kappa shape index (κ2) is 17.3. The molecule has 0 amide bonds. The normalized spacial score (nSPS) is 25.4. The van der Waals surface area contributed by atoms with E-state index in [1.165, 1.54) is 125 Å². The van der Waals surface area contributed by atoms with Gasteiger partial charge in [0.05, 0.1) is 27.2 Å². The molecule has 0 atom stereocenters. The highest BCUT2D eigenvalue weighted by Crippen LogP contribution is 2.19. The Kier molecular flexibility index (Phi) is 19.6. The van der Waals surface area contributed by atoms with Crippen LogP contribution in [0.5, 0.6) is 0 Å². The van der Waals surface area contributed by atoms with E-state index in [9.17, 15) is 0 Å². The maximum absolute atomic E-state index is 2.51. The number of hydrogen-bond donors (Lipinski definition) is 0. The van der Waals surface area contributed by atoms with Crippen LogP contribution < -0.4 is 48.0 Å². The Hall–Kier alpha value is 1.38. The lowest BCUT2D eigenvalue weighted by Crippen LogP contribution is -3.00. The van der Waals surface area contributed by atoms with Crippen LogP contribution in [0.3, 0.4) is 0 Å². The van der Waals surface area contributed by atoms with E-state index in [0.29, 0.717) is 0 Å². The average molecular weight is 594 g/mol. The van der Waals surface area contributed by atoms with E-state index in [2.05, 4.69) is 27.9 Å². The third-order valence-electron chi connectivity index (χ3n) is 6.46. The molecule has 0 aromatic carbocycles. The summed E-state index contributed by atoms with van der Waals surface area (Å²) < 4.78 is 2.69. The van der Waals surface area contributed by atoms with Gasteiger partial charge in [0, 0.05) is 0 Å². The summed E-state index contributed by atoms with van der Waals surface area (Å²) in [4.78, 5) is 0. The van der Waals surface area contributed by atoms with Crippen LogP contribution in [0.25, 0.3) is 0 Å². The van der Waals surface area contributed by atoms with E-state index < -0.39 is 0 Å².